The van der Waals surface area contributed by atoms with Crippen LogP contribution < -0.4 is 0 Å². The van der Waals surface area contributed by atoms with Gasteiger partial charge in [0.1, 0.15) is 0 Å². The van der Waals surface area contributed by atoms with Crippen molar-refractivity contribution in [3.8, 4) is 12.1 Å². The topological polar surface area (TPSA) is 91.0 Å². The molecule has 2 rings (SSSR count). The number of hydrogen-bond donors (Lipinski definition) is 0. The summed E-state index contributed by atoms with van der Waals surface area (Å²) in [6.07, 6.45) is 3.81. The van der Waals surface area contributed by atoms with Crippen LogP contribution >= 0.6 is 0 Å². The van der Waals surface area contributed by atoms with Crippen LogP contribution in [-0.4, -0.2) is 48.0 Å². The van der Waals surface area contributed by atoms with Crippen molar-refractivity contribution in [2.24, 2.45) is 0 Å². The first-order valence-corrected chi connectivity index (χ1v) is 7.37. The minimum absolute atomic E-state index is 0.158. The highest BCUT2D eigenvalue weighted by Crippen LogP contribution is 2.25. The summed E-state index contributed by atoms with van der Waals surface area (Å²) in [5.41, 5.74) is 0. The third-order valence-electron chi connectivity index (χ3n) is 3.27. The molecule has 0 aromatic rings. The second-order valence-corrected chi connectivity index (χ2v) is 4.84. The Balaban J connectivity index is 1.99. The van der Waals surface area contributed by atoms with Crippen molar-refractivity contribution < 1.29 is 19.4 Å². The summed E-state index contributed by atoms with van der Waals surface area (Å²) in [6, 6.07) is 3.83. The molecule has 4 unspecified atom stereocenters. The van der Waals surface area contributed by atoms with E-state index in [4.69, 9.17) is 29.9 Å². The molecule has 0 amide bonds. The predicted octanol–water partition coefficient (Wildman–Crippen LogP) is 1.24. The Labute approximate surface area is 129 Å². The van der Waals surface area contributed by atoms with Gasteiger partial charge in [0.15, 0.2) is 12.2 Å². The van der Waals surface area contributed by atoms with Gasteiger partial charge >= 0.3 is 0 Å². The molecule has 2 aliphatic heterocycles. The van der Waals surface area contributed by atoms with Crippen LogP contribution in [0.3, 0.4) is 0 Å². The Morgan fingerprint density at radius 3 is 1.68 bits per heavy atom. The Morgan fingerprint density at radius 1 is 0.955 bits per heavy atom. The van der Waals surface area contributed by atoms with Gasteiger partial charge in [0.05, 0.1) is 37.4 Å². The van der Waals surface area contributed by atoms with Gasteiger partial charge in [0.2, 0.25) is 0 Å². The molecule has 2 saturated heterocycles. The summed E-state index contributed by atoms with van der Waals surface area (Å²) < 4.78 is 0. The van der Waals surface area contributed by atoms with Gasteiger partial charge in [-0.05, 0) is 13.8 Å². The number of hydroxylamine groups is 4. The fraction of sp³-hybridized carbons (Fsp3) is 0.714. The molecule has 120 valence electrons. The Hall–Kier alpha value is -1.52. The molecular formula is C14H20N4O4. The van der Waals surface area contributed by atoms with Crippen LogP contribution in [0, 0.1) is 22.7 Å². The van der Waals surface area contributed by atoms with Crippen molar-refractivity contribution in [1.82, 2.24) is 10.5 Å². The number of nitriles is 2. The molecule has 0 aromatic carbocycles. The van der Waals surface area contributed by atoms with E-state index >= 15 is 0 Å². The van der Waals surface area contributed by atoms with Crippen LogP contribution in [0.5, 0.6) is 0 Å². The molecule has 0 bridgehead atoms. The van der Waals surface area contributed by atoms with Gasteiger partial charge in [-0.2, -0.15) is 10.5 Å². The third kappa shape index (κ3) is 4.02. The zero-order chi connectivity index (χ0) is 15.9. The summed E-state index contributed by atoms with van der Waals surface area (Å²) in [6.45, 7) is 4.61. The van der Waals surface area contributed by atoms with E-state index in [2.05, 4.69) is 12.1 Å². The summed E-state index contributed by atoms with van der Waals surface area (Å²) in [5, 5.41) is 20.6. The standard InChI is InChI=1S/C14H20N4O4/c1-3-19-17-11(7-13(9-15)21-17)5-6-12-8-14(10-16)22-18(12)20-4-2/h5-6,11-14H,3-4,7-8H2,1-2H3. The Kier molecular flexibility index (Phi) is 6.28. The van der Waals surface area contributed by atoms with Gasteiger partial charge in [-0.15, -0.1) is 0 Å². The van der Waals surface area contributed by atoms with E-state index in [1.807, 2.05) is 26.0 Å². The molecule has 8 heteroatoms. The van der Waals surface area contributed by atoms with Crippen molar-refractivity contribution in [2.45, 2.75) is 51.0 Å². The van der Waals surface area contributed by atoms with Crippen LogP contribution in [0.4, 0.5) is 0 Å². The van der Waals surface area contributed by atoms with E-state index in [9.17, 15) is 0 Å². The predicted molar refractivity (Wildman–Crippen MR) is 73.9 cm³/mol. The van der Waals surface area contributed by atoms with E-state index in [1.165, 1.54) is 10.5 Å². The van der Waals surface area contributed by atoms with Crippen LogP contribution in [0.25, 0.3) is 0 Å². The van der Waals surface area contributed by atoms with Crippen LogP contribution in [0.1, 0.15) is 26.7 Å². The highest BCUT2D eigenvalue weighted by atomic mass is 17.0. The first-order chi connectivity index (χ1) is 10.7. The normalized spacial score (nSPS) is 33.3. The van der Waals surface area contributed by atoms with Crippen molar-refractivity contribution in [3.05, 3.63) is 12.2 Å². The van der Waals surface area contributed by atoms with E-state index in [0.717, 1.165) is 0 Å². The van der Waals surface area contributed by atoms with Gasteiger partial charge in [-0.3, -0.25) is 19.4 Å². The van der Waals surface area contributed by atoms with Crippen molar-refractivity contribution in [2.75, 3.05) is 13.2 Å². The second-order valence-electron chi connectivity index (χ2n) is 4.84. The van der Waals surface area contributed by atoms with Crippen LogP contribution in [0.15, 0.2) is 12.2 Å². The molecule has 0 saturated carbocycles. The lowest BCUT2D eigenvalue weighted by molar-refractivity contribution is -0.359. The molecule has 0 N–H and O–H groups in total. The number of nitrogens with zero attached hydrogens (tertiary/aromatic N) is 4. The average molecular weight is 308 g/mol. The molecule has 0 spiro atoms. The molecule has 2 aliphatic rings. The van der Waals surface area contributed by atoms with Crippen molar-refractivity contribution in [3.63, 3.8) is 0 Å². The lowest BCUT2D eigenvalue weighted by Crippen LogP contribution is -2.29. The maximum absolute atomic E-state index is 8.96. The molecule has 4 atom stereocenters. The smallest absolute Gasteiger partial charge is 0.170 e. The minimum atomic E-state index is -0.518. The molecule has 2 heterocycles. The van der Waals surface area contributed by atoms with E-state index in [-0.39, 0.29) is 12.1 Å². The fourth-order valence-electron chi connectivity index (χ4n) is 2.32. The monoisotopic (exact) mass is 308 g/mol. The van der Waals surface area contributed by atoms with Gasteiger partial charge in [0, 0.05) is 12.8 Å². The molecule has 22 heavy (non-hydrogen) atoms. The zero-order valence-electron chi connectivity index (χ0n) is 12.7. The van der Waals surface area contributed by atoms with Crippen LogP contribution in [-0.2, 0) is 19.4 Å². The second kappa shape index (κ2) is 8.20. The molecule has 0 aromatic heterocycles. The summed E-state index contributed by atoms with van der Waals surface area (Å²) >= 11 is 0. The lowest BCUT2D eigenvalue weighted by atomic mass is 10.1. The van der Waals surface area contributed by atoms with Crippen LogP contribution in [0.2, 0.25) is 0 Å². The lowest BCUT2D eigenvalue weighted by Gasteiger charge is -2.20. The van der Waals surface area contributed by atoms with Gasteiger partial charge in [-0.1, -0.05) is 22.6 Å². The quantitative estimate of drug-likeness (QED) is 0.677. The average Bonchev–Trinajstić information content (AvgIpc) is 3.10. The largest absolute Gasteiger partial charge is 0.274 e. The molecule has 8 nitrogen and oxygen atoms in total. The number of hydrogen-bond acceptors (Lipinski definition) is 8. The molecule has 0 radical (unpaired) electrons. The first kappa shape index (κ1) is 16.8. The van der Waals surface area contributed by atoms with Gasteiger partial charge in [0.25, 0.3) is 0 Å². The zero-order valence-corrected chi connectivity index (χ0v) is 12.7. The molecular weight excluding hydrogens is 288 g/mol. The van der Waals surface area contributed by atoms with E-state index < -0.39 is 12.2 Å². The maximum Gasteiger partial charge on any atom is 0.170 e. The van der Waals surface area contributed by atoms with Gasteiger partial charge in [-0.25, -0.2) is 0 Å². The maximum atomic E-state index is 8.96. The van der Waals surface area contributed by atoms with Crippen molar-refractivity contribution in [1.29, 1.82) is 10.5 Å². The number of rotatable bonds is 6. The summed E-state index contributed by atoms with van der Waals surface area (Å²) in [5.74, 6) is 0. The third-order valence-corrected chi connectivity index (χ3v) is 3.27. The molecule has 2 fully saturated rings. The fourth-order valence-corrected chi connectivity index (χ4v) is 2.32. The Bertz CT molecular complexity index is 430. The highest BCUT2D eigenvalue weighted by molar-refractivity contribution is 5.06. The van der Waals surface area contributed by atoms with Crippen molar-refractivity contribution >= 4 is 0 Å². The molecule has 0 aliphatic carbocycles. The summed E-state index contributed by atoms with van der Waals surface area (Å²) in [4.78, 5) is 21.5. The summed E-state index contributed by atoms with van der Waals surface area (Å²) in [7, 11) is 0. The minimum Gasteiger partial charge on any atom is -0.274 e. The van der Waals surface area contributed by atoms with E-state index in [0.29, 0.717) is 26.1 Å². The SMILES string of the molecule is CCON1OC(C#N)CC1C=CC1CC(C#N)ON1OCC. The highest BCUT2D eigenvalue weighted by Gasteiger charge is 2.36. The van der Waals surface area contributed by atoms with E-state index in [1.54, 1.807) is 0 Å². The van der Waals surface area contributed by atoms with Gasteiger partial charge < -0.3 is 0 Å². The first-order valence-electron chi connectivity index (χ1n) is 7.37. The Morgan fingerprint density at radius 2 is 1.36 bits per heavy atom.